The van der Waals surface area contributed by atoms with E-state index in [1.807, 2.05) is 0 Å². The summed E-state index contributed by atoms with van der Waals surface area (Å²) in [6, 6.07) is 2.05. The first-order valence-corrected chi connectivity index (χ1v) is 5.87. The van der Waals surface area contributed by atoms with Crippen molar-refractivity contribution < 1.29 is 26.7 Å². The zero-order valence-corrected chi connectivity index (χ0v) is 11.1. The highest BCUT2D eigenvalue weighted by Crippen LogP contribution is 2.18. The zero-order chi connectivity index (χ0) is 15.7. The Morgan fingerprint density at radius 2 is 1.48 bits per heavy atom. The van der Waals surface area contributed by atoms with Gasteiger partial charge in [-0.15, -0.1) is 0 Å². The molecule has 21 heavy (non-hydrogen) atoms. The minimum Gasteiger partial charge on any atom is -0.494 e. The summed E-state index contributed by atoms with van der Waals surface area (Å²) in [5.41, 5.74) is -0.685. The van der Waals surface area contributed by atoms with Gasteiger partial charge in [-0.3, -0.25) is 0 Å². The van der Waals surface area contributed by atoms with Crippen molar-refractivity contribution >= 4 is 18.2 Å². The minimum absolute atomic E-state index is 0.110. The molecule has 0 aliphatic rings. The van der Waals surface area contributed by atoms with Gasteiger partial charge in [0.25, 0.3) is 0 Å². The third kappa shape index (κ3) is 2.86. The highest BCUT2D eigenvalue weighted by atomic mass is 19.2. The van der Waals surface area contributed by atoms with E-state index in [1.165, 1.54) is 6.92 Å². The summed E-state index contributed by atoms with van der Waals surface area (Å²) < 4.78 is 72.1. The lowest BCUT2D eigenvalue weighted by Crippen LogP contribution is -2.34. The van der Waals surface area contributed by atoms with Crippen molar-refractivity contribution in [2.24, 2.45) is 0 Å². The first kappa shape index (κ1) is 15.3. The molecule has 0 aliphatic carbocycles. The Balaban J connectivity index is 2.56. The first-order valence-electron chi connectivity index (χ1n) is 5.87. The van der Waals surface area contributed by atoms with Crippen molar-refractivity contribution in [1.82, 2.24) is 0 Å². The van der Waals surface area contributed by atoms with Crippen LogP contribution in [0.5, 0.6) is 5.75 Å². The quantitative estimate of drug-likeness (QED) is 0.480. The van der Waals surface area contributed by atoms with E-state index in [0.29, 0.717) is 12.1 Å². The molecule has 1 radical (unpaired) electrons. The minimum atomic E-state index is -1.43. The number of methoxy groups -OCH3 is 1. The molecule has 2 aromatic carbocycles. The van der Waals surface area contributed by atoms with Gasteiger partial charge in [0.2, 0.25) is 7.28 Å². The van der Waals surface area contributed by atoms with Gasteiger partial charge >= 0.3 is 0 Å². The number of aryl methyl sites for hydroxylation is 1. The van der Waals surface area contributed by atoms with Crippen LogP contribution in [-0.4, -0.2) is 14.4 Å². The smallest absolute Gasteiger partial charge is 0.204 e. The molecule has 0 fully saturated rings. The standard InChI is InChI=1S/C14H9BF5O/c1-6-3-7(9(17)4-8(6)16)15-12-13(20)10(18)5-11(19)14(12)21-2/h3-5H,1-2H3. The molecule has 7 heteroatoms. The van der Waals surface area contributed by atoms with E-state index in [4.69, 9.17) is 0 Å². The molecular weight excluding hydrogens is 290 g/mol. The summed E-state index contributed by atoms with van der Waals surface area (Å²) in [6.45, 7) is 1.38. The average molecular weight is 299 g/mol. The van der Waals surface area contributed by atoms with Crippen LogP contribution in [0.25, 0.3) is 0 Å². The van der Waals surface area contributed by atoms with Gasteiger partial charge in [0.15, 0.2) is 23.2 Å². The maximum Gasteiger partial charge on any atom is 0.204 e. The second-order valence-corrected chi connectivity index (χ2v) is 4.37. The molecule has 0 saturated heterocycles. The molecule has 2 aromatic rings. The van der Waals surface area contributed by atoms with Crippen LogP contribution in [0.2, 0.25) is 0 Å². The molecule has 109 valence electrons. The molecule has 0 N–H and O–H groups in total. The Labute approximate surface area is 118 Å². The molecule has 1 nitrogen and oxygen atoms in total. The summed E-state index contributed by atoms with van der Waals surface area (Å²) in [4.78, 5) is 0. The molecular formula is C14H9BF5O. The van der Waals surface area contributed by atoms with Crippen molar-refractivity contribution in [3.63, 3.8) is 0 Å². The van der Waals surface area contributed by atoms with E-state index in [-0.39, 0.29) is 11.0 Å². The van der Waals surface area contributed by atoms with Crippen LogP contribution in [0.3, 0.4) is 0 Å². The Morgan fingerprint density at radius 3 is 2.10 bits per heavy atom. The third-order valence-electron chi connectivity index (χ3n) is 2.94. The van der Waals surface area contributed by atoms with E-state index >= 15 is 0 Å². The van der Waals surface area contributed by atoms with Crippen LogP contribution in [0, 0.1) is 36.0 Å². The van der Waals surface area contributed by atoms with Gasteiger partial charge in [0, 0.05) is 17.6 Å². The van der Waals surface area contributed by atoms with Gasteiger partial charge in [-0.05, 0) is 17.9 Å². The number of halogens is 5. The van der Waals surface area contributed by atoms with Crippen LogP contribution in [0.4, 0.5) is 22.0 Å². The molecule has 2 rings (SSSR count). The highest BCUT2D eigenvalue weighted by Gasteiger charge is 2.22. The molecule has 0 spiro atoms. The number of benzene rings is 2. The molecule has 0 heterocycles. The van der Waals surface area contributed by atoms with Crippen molar-refractivity contribution in [1.29, 1.82) is 0 Å². The van der Waals surface area contributed by atoms with Gasteiger partial charge in [-0.2, -0.15) is 0 Å². The second kappa shape index (κ2) is 5.75. The van der Waals surface area contributed by atoms with Crippen molar-refractivity contribution in [2.75, 3.05) is 7.11 Å². The molecule has 0 bridgehead atoms. The van der Waals surface area contributed by atoms with Crippen LogP contribution in [0.1, 0.15) is 5.56 Å². The zero-order valence-electron chi connectivity index (χ0n) is 11.1. The van der Waals surface area contributed by atoms with Crippen molar-refractivity contribution in [3.8, 4) is 5.75 Å². The summed E-state index contributed by atoms with van der Waals surface area (Å²) in [7, 11) is 1.93. The Bertz CT molecular complexity index is 702. The van der Waals surface area contributed by atoms with Crippen LogP contribution in [0.15, 0.2) is 18.2 Å². The lowest BCUT2D eigenvalue weighted by Gasteiger charge is -2.12. The Kier molecular flexibility index (Phi) is 4.20. The molecule has 0 amide bonds. The molecule has 0 saturated carbocycles. The normalized spacial score (nSPS) is 10.6. The van der Waals surface area contributed by atoms with E-state index in [9.17, 15) is 22.0 Å². The summed E-state index contributed by atoms with van der Waals surface area (Å²) in [6.07, 6.45) is 0. The maximum absolute atomic E-state index is 13.8. The van der Waals surface area contributed by atoms with Crippen LogP contribution in [-0.2, 0) is 0 Å². The van der Waals surface area contributed by atoms with Gasteiger partial charge < -0.3 is 4.74 Å². The first-order chi connectivity index (χ1) is 9.85. The third-order valence-corrected chi connectivity index (χ3v) is 2.94. The summed E-state index contributed by atoms with van der Waals surface area (Å²) >= 11 is 0. The average Bonchev–Trinajstić information content (AvgIpc) is 2.41. The lowest BCUT2D eigenvalue weighted by atomic mass is 9.62. The summed E-state index contributed by atoms with van der Waals surface area (Å²) in [5, 5.41) is 0. The topological polar surface area (TPSA) is 9.23 Å². The highest BCUT2D eigenvalue weighted by molar-refractivity contribution is 6.68. The lowest BCUT2D eigenvalue weighted by molar-refractivity contribution is 0.381. The molecule has 0 atom stereocenters. The number of hydrogen-bond donors (Lipinski definition) is 0. The van der Waals surface area contributed by atoms with E-state index in [1.54, 1.807) is 0 Å². The summed E-state index contributed by atoms with van der Waals surface area (Å²) in [5.74, 6) is -6.25. The second-order valence-electron chi connectivity index (χ2n) is 4.37. The molecule has 0 aromatic heterocycles. The van der Waals surface area contributed by atoms with E-state index in [2.05, 4.69) is 4.74 Å². The fourth-order valence-corrected chi connectivity index (χ4v) is 1.88. The largest absolute Gasteiger partial charge is 0.494 e. The van der Waals surface area contributed by atoms with Gasteiger partial charge in [0.05, 0.1) is 7.11 Å². The van der Waals surface area contributed by atoms with Crippen molar-refractivity contribution in [2.45, 2.75) is 6.92 Å². The fourth-order valence-electron chi connectivity index (χ4n) is 1.88. The molecule has 0 unspecified atom stereocenters. The van der Waals surface area contributed by atoms with Crippen LogP contribution < -0.4 is 15.7 Å². The number of ether oxygens (including phenoxy) is 1. The maximum atomic E-state index is 13.8. The van der Waals surface area contributed by atoms with Crippen LogP contribution >= 0.6 is 0 Å². The van der Waals surface area contributed by atoms with Gasteiger partial charge in [-0.1, -0.05) is 6.07 Å². The van der Waals surface area contributed by atoms with Crippen molar-refractivity contribution in [3.05, 3.63) is 52.8 Å². The van der Waals surface area contributed by atoms with Gasteiger partial charge in [0.1, 0.15) is 11.6 Å². The predicted molar refractivity (Wildman–Crippen MR) is 69.0 cm³/mol. The predicted octanol–water partition coefficient (Wildman–Crippen LogP) is 2.35. The fraction of sp³-hybridized carbons (Fsp3) is 0.143. The Morgan fingerprint density at radius 1 is 0.857 bits per heavy atom. The van der Waals surface area contributed by atoms with E-state index < -0.39 is 40.3 Å². The SMILES string of the molecule is COc1c(F)cc(F)c(F)c1[B]c1cc(C)c(F)cc1F. The van der Waals surface area contributed by atoms with E-state index in [0.717, 1.165) is 20.5 Å². The number of hydrogen-bond acceptors (Lipinski definition) is 1. The number of rotatable bonds is 3. The van der Waals surface area contributed by atoms with Gasteiger partial charge in [-0.25, -0.2) is 22.0 Å². The monoisotopic (exact) mass is 299 g/mol. The molecule has 0 aliphatic heterocycles. The Hall–Kier alpha value is -2.05.